The number of carbonyl (C=O) groups is 1. The van der Waals surface area contributed by atoms with Crippen LogP contribution < -0.4 is 4.84 Å². The topological polar surface area (TPSA) is 96.5 Å². The van der Waals surface area contributed by atoms with E-state index in [1.54, 1.807) is 0 Å². The number of imidazole rings is 1. The summed E-state index contributed by atoms with van der Waals surface area (Å²) in [6.45, 7) is 6.81. The SMILES string of the molecule is C[Si](C)(C)CCOC(=O)On1cnc2ccc([N+](=O)[O-])cc21. The number of rotatable bonds is 5. The molecule has 0 radical (unpaired) electrons. The average molecular weight is 323 g/mol. The number of ether oxygens (including phenoxy) is 1. The Balaban J connectivity index is 2.06. The quantitative estimate of drug-likeness (QED) is 0.363. The van der Waals surface area contributed by atoms with Crippen molar-refractivity contribution in [3.63, 3.8) is 0 Å². The molecule has 1 aromatic heterocycles. The number of nitrogens with zero attached hydrogens (tertiary/aromatic N) is 3. The van der Waals surface area contributed by atoms with E-state index in [1.807, 2.05) is 0 Å². The predicted molar refractivity (Wildman–Crippen MR) is 82.5 cm³/mol. The number of benzene rings is 1. The molecule has 0 N–H and O–H groups in total. The number of hydrogen-bond acceptors (Lipinski definition) is 6. The van der Waals surface area contributed by atoms with Crippen LogP contribution >= 0.6 is 0 Å². The summed E-state index contributed by atoms with van der Waals surface area (Å²) in [6.07, 6.45) is 0.415. The number of nitro benzene ring substituents is 1. The molecule has 1 heterocycles. The number of carbonyl (C=O) groups excluding carboxylic acids is 1. The van der Waals surface area contributed by atoms with Crippen LogP contribution in [0.25, 0.3) is 11.0 Å². The van der Waals surface area contributed by atoms with E-state index in [-0.39, 0.29) is 5.69 Å². The van der Waals surface area contributed by atoms with E-state index in [1.165, 1.54) is 24.5 Å². The van der Waals surface area contributed by atoms with Gasteiger partial charge in [-0.25, -0.2) is 9.78 Å². The maximum Gasteiger partial charge on any atom is 0.533 e. The van der Waals surface area contributed by atoms with Crippen LogP contribution in [0.1, 0.15) is 0 Å². The van der Waals surface area contributed by atoms with Crippen LogP contribution in [0.15, 0.2) is 24.5 Å². The van der Waals surface area contributed by atoms with Crippen molar-refractivity contribution in [2.24, 2.45) is 0 Å². The lowest BCUT2D eigenvalue weighted by Crippen LogP contribution is -2.25. The fourth-order valence-corrected chi connectivity index (χ4v) is 2.42. The van der Waals surface area contributed by atoms with Crippen LogP contribution in [-0.4, -0.2) is 35.5 Å². The molecule has 0 unspecified atom stereocenters. The Morgan fingerprint density at radius 3 is 2.77 bits per heavy atom. The third kappa shape index (κ3) is 4.04. The lowest BCUT2D eigenvalue weighted by Gasteiger charge is -2.14. The largest absolute Gasteiger partial charge is 0.533 e. The van der Waals surface area contributed by atoms with E-state index >= 15 is 0 Å². The van der Waals surface area contributed by atoms with Gasteiger partial charge in [-0.3, -0.25) is 15.0 Å². The van der Waals surface area contributed by atoms with Crippen LogP contribution in [-0.2, 0) is 4.74 Å². The second kappa shape index (κ2) is 6.14. The summed E-state index contributed by atoms with van der Waals surface area (Å²) < 4.78 is 6.08. The van der Waals surface area contributed by atoms with Gasteiger partial charge in [0.1, 0.15) is 11.8 Å². The second-order valence-corrected chi connectivity index (χ2v) is 11.6. The predicted octanol–water partition coefficient (Wildman–Crippen LogP) is 2.85. The van der Waals surface area contributed by atoms with Crippen molar-refractivity contribution in [3.8, 4) is 0 Å². The molecular weight excluding hydrogens is 306 g/mol. The molecule has 0 bridgehead atoms. The molecule has 0 atom stereocenters. The third-order valence-electron chi connectivity index (χ3n) is 2.95. The molecule has 0 aliphatic carbocycles. The first-order valence-electron chi connectivity index (χ1n) is 6.73. The molecule has 0 aliphatic heterocycles. The number of aromatic nitrogens is 2. The van der Waals surface area contributed by atoms with Gasteiger partial charge in [0.15, 0.2) is 0 Å². The lowest BCUT2D eigenvalue weighted by atomic mass is 10.3. The maximum absolute atomic E-state index is 11.6. The van der Waals surface area contributed by atoms with Gasteiger partial charge in [0.05, 0.1) is 17.0 Å². The maximum atomic E-state index is 11.6. The number of hydrogen-bond donors (Lipinski definition) is 0. The Labute approximate surface area is 127 Å². The van der Waals surface area contributed by atoms with Gasteiger partial charge in [-0.2, -0.15) is 4.73 Å². The first-order valence-corrected chi connectivity index (χ1v) is 10.4. The number of non-ortho nitro benzene ring substituents is 1. The summed E-state index contributed by atoms with van der Waals surface area (Å²) in [5, 5.41) is 10.8. The molecule has 0 spiro atoms. The van der Waals surface area contributed by atoms with E-state index < -0.39 is 19.2 Å². The zero-order chi connectivity index (χ0) is 16.3. The van der Waals surface area contributed by atoms with Crippen molar-refractivity contribution < 1.29 is 19.3 Å². The summed E-state index contributed by atoms with van der Waals surface area (Å²) in [5.74, 6) is 0. The highest BCUT2D eigenvalue weighted by molar-refractivity contribution is 6.76. The van der Waals surface area contributed by atoms with Crippen LogP contribution in [0, 0.1) is 10.1 Å². The van der Waals surface area contributed by atoms with Crippen molar-refractivity contribution >= 4 is 31.0 Å². The minimum absolute atomic E-state index is 0.107. The fourth-order valence-electron chi connectivity index (χ4n) is 1.71. The summed E-state index contributed by atoms with van der Waals surface area (Å²) in [4.78, 5) is 30.9. The first kappa shape index (κ1) is 16.0. The molecule has 118 valence electrons. The van der Waals surface area contributed by atoms with E-state index in [2.05, 4.69) is 24.6 Å². The normalized spacial score (nSPS) is 11.4. The molecule has 9 heteroatoms. The molecule has 0 aliphatic rings. The molecule has 22 heavy (non-hydrogen) atoms. The van der Waals surface area contributed by atoms with Crippen molar-refractivity contribution in [2.45, 2.75) is 25.7 Å². The minimum atomic E-state index is -1.29. The molecule has 0 saturated carbocycles. The molecule has 2 rings (SSSR count). The highest BCUT2D eigenvalue weighted by Gasteiger charge is 2.16. The first-order chi connectivity index (χ1) is 10.3. The van der Waals surface area contributed by atoms with Gasteiger partial charge in [-0.15, -0.1) is 0 Å². The summed E-state index contributed by atoms with van der Waals surface area (Å²) in [6, 6.07) is 4.95. The van der Waals surface area contributed by atoms with Gasteiger partial charge in [0.25, 0.3) is 5.69 Å². The van der Waals surface area contributed by atoms with Crippen molar-refractivity contribution in [2.75, 3.05) is 6.61 Å². The summed E-state index contributed by atoms with van der Waals surface area (Å²) in [7, 11) is -1.29. The van der Waals surface area contributed by atoms with Gasteiger partial charge in [-0.05, 0) is 12.1 Å². The summed E-state index contributed by atoms with van der Waals surface area (Å²) in [5.41, 5.74) is 0.710. The second-order valence-electron chi connectivity index (χ2n) is 6.00. The van der Waals surface area contributed by atoms with Crippen LogP contribution in [0.4, 0.5) is 10.5 Å². The van der Waals surface area contributed by atoms with Crippen LogP contribution in [0.2, 0.25) is 25.7 Å². The van der Waals surface area contributed by atoms with Gasteiger partial charge in [-0.1, -0.05) is 19.6 Å². The van der Waals surface area contributed by atoms with Gasteiger partial charge >= 0.3 is 6.16 Å². The minimum Gasteiger partial charge on any atom is -0.433 e. The van der Waals surface area contributed by atoms with E-state index in [0.29, 0.717) is 17.6 Å². The van der Waals surface area contributed by atoms with Crippen LogP contribution in [0.3, 0.4) is 0 Å². The van der Waals surface area contributed by atoms with Crippen molar-refractivity contribution in [3.05, 3.63) is 34.6 Å². The molecule has 8 nitrogen and oxygen atoms in total. The average Bonchev–Trinajstić information content (AvgIpc) is 2.79. The molecule has 1 aromatic carbocycles. The molecular formula is C13H17N3O5Si. The summed E-state index contributed by atoms with van der Waals surface area (Å²) >= 11 is 0. The van der Waals surface area contributed by atoms with E-state index in [4.69, 9.17) is 9.57 Å². The van der Waals surface area contributed by atoms with E-state index in [9.17, 15) is 14.9 Å². The standard InChI is InChI=1S/C13H17N3O5Si/c1-22(2,3)7-6-20-13(17)21-15-9-14-11-5-4-10(16(18)19)8-12(11)15/h4-5,8-9H,6-7H2,1-3H3. The van der Waals surface area contributed by atoms with E-state index in [0.717, 1.165) is 10.8 Å². The monoisotopic (exact) mass is 323 g/mol. The van der Waals surface area contributed by atoms with Gasteiger partial charge < -0.3 is 4.74 Å². The van der Waals surface area contributed by atoms with Crippen molar-refractivity contribution in [1.29, 1.82) is 0 Å². The molecule has 0 saturated heterocycles. The van der Waals surface area contributed by atoms with Gasteiger partial charge in [0.2, 0.25) is 0 Å². The highest BCUT2D eigenvalue weighted by Crippen LogP contribution is 2.19. The van der Waals surface area contributed by atoms with Crippen LogP contribution in [0.5, 0.6) is 0 Å². The van der Waals surface area contributed by atoms with Gasteiger partial charge in [0, 0.05) is 20.2 Å². The highest BCUT2D eigenvalue weighted by atomic mass is 28.3. The molecule has 0 fully saturated rings. The smallest absolute Gasteiger partial charge is 0.433 e. The Morgan fingerprint density at radius 1 is 1.41 bits per heavy atom. The molecule has 0 amide bonds. The Bertz CT molecular complexity index is 707. The third-order valence-corrected chi connectivity index (χ3v) is 4.66. The zero-order valence-corrected chi connectivity index (χ0v) is 13.6. The number of fused-ring (bicyclic) bond motifs is 1. The number of nitro groups is 1. The molecule has 2 aromatic rings. The lowest BCUT2D eigenvalue weighted by molar-refractivity contribution is -0.384. The Kier molecular flexibility index (Phi) is 4.45. The Morgan fingerprint density at radius 2 is 2.14 bits per heavy atom. The zero-order valence-electron chi connectivity index (χ0n) is 12.6. The Hall–Kier alpha value is -2.42. The van der Waals surface area contributed by atoms with Crippen molar-refractivity contribution in [1.82, 2.24) is 9.71 Å². The fraction of sp³-hybridized carbons (Fsp3) is 0.385.